The molecule has 3 rings (SSSR count). The summed E-state index contributed by atoms with van der Waals surface area (Å²) in [4.78, 5) is 23.1. The second-order valence-electron chi connectivity index (χ2n) is 5.06. The summed E-state index contributed by atoms with van der Waals surface area (Å²) in [6.07, 6.45) is -1.49. The zero-order valence-corrected chi connectivity index (χ0v) is 12.5. The number of methoxy groups -OCH3 is 1. The Hall–Kier alpha value is -2.30. The van der Waals surface area contributed by atoms with E-state index < -0.39 is 30.5 Å². The number of carbonyl (C=O) groups excluding carboxylic acids is 1. The average molecular weight is 324 g/mol. The zero-order chi connectivity index (χ0) is 16.6. The highest BCUT2D eigenvalue weighted by atomic mass is 16.6. The first kappa shape index (κ1) is 15.6. The number of nitrogens with zero attached hydrogens (tertiary/aromatic N) is 4. The molecular weight excluding hydrogens is 308 g/mol. The first-order chi connectivity index (χ1) is 11.0. The first-order valence-corrected chi connectivity index (χ1v) is 6.89. The van der Waals surface area contributed by atoms with E-state index in [0.717, 1.165) is 0 Å². The van der Waals surface area contributed by atoms with Gasteiger partial charge in [0.25, 0.3) is 0 Å². The minimum atomic E-state index is -1.23. The highest BCUT2D eigenvalue weighted by molar-refractivity contribution is 5.76. The fraction of sp³-hybridized carbons (Fsp3) is 0.538. The molecule has 4 atom stereocenters. The molecule has 1 aliphatic rings. The lowest BCUT2D eigenvalue weighted by Gasteiger charge is -2.16. The van der Waals surface area contributed by atoms with Crippen LogP contribution in [0.2, 0.25) is 0 Å². The Morgan fingerprint density at radius 2 is 2.13 bits per heavy atom. The Morgan fingerprint density at radius 1 is 1.35 bits per heavy atom. The number of fused-ring (bicyclic) bond motifs is 1. The molecule has 3 heterocycles. The summed E-state index contributed by atoms with van der Waals surface area (Å²) in [5.74, 6) is -0.206. The smallest absolute Gasteiger partial charge is 0.302 e. The summed E-state index contributed by atoms with van der Waals surface area (Å²) in [5, 5.41) is 20.3. The number of hydrogen-bond acceptors (Lipinski definition) is 9. The van der Waals surface area contributed by atoms with Gasteiger partial charge < -0.3 is 24.4 Å². The van der Waals surface area contributed by atoms with Crippen LogP contribution >= 0.6 is 0 Å². The van der Waals surface area contributed by atoms with E-state index >= 15 is 0 Å². The first-order valence-electron chi connectivity index (χ1n) is 6.89. The lowest BCUT2D eigenvalue weighted by atomic mass is 10.1. The minimum Gasteiger partial charge on any atom is -0.479 e. The lowest BCUT2D eigenvalue weighted by molar-refractivity contribution is -0.147. The predicted octanol–water partition coefficient (Wildman–Crippen LogP) is -0.983. The molecule has 1 fully saturated rings. The van der Waals surface area contributed by atoms with Crippen molar-refractivity contribution in [1.82, 2.24) is 19.5 Å². The van der Waals surface area contributed by atoms with Crippen LogP contribution in [-0.2, 0) is 14.3 Å². The molecule has 0 amide bonds. The third-order valence-electron chi connectivity index (χ3n) is 3.58. The van der Waals surface area contributed by atoms with Gasteiger partial charge in [-0.25, -0.2) is 9.97 Å². The van der Waals surface area contributed by atoms with Gasteiger partial charge in [-0.15, -0.1) is 0 Å². The molecular formula is C13H16N4O6. The van der Waals surface area contributed by atoms with E-state index in [4.69, 9.17) is 14.2 Å². The fourth-order valence-corrected chi connectivity index (χ4v) is 2.46. The third kappa shape index (κ3) is 2.71. The number of aromatic nitrogens is 4. The number of imidazole rings is 1. The van der Waals surface area contributed by atoms with Crippen LogP contribution in [0.15, 0.2) is 12.7 Å². The largest absolute Gasteiger partial charge is 0.479 e. The van der Waals surface area contributed by atoms with E-state index in [1.54, 1.807) is 0 Å². The summed E-state index contributed by atoms with van der Waals surface area (Å²) in [6.45, 7) is 1.09. The SMILES string of the molecule is COc1ncnc2c1ncn2[C@@H]1O[C@H](COC(C)=O)[C@@H](O)[C@@H]1O. The molecule has 0 spiro atoms. The van der Waals surface area contributed by atoms with Gasteiger partial charge in [-0.3, -0.25) is 9.36 Å². The number of carbonyl (C=O) groups is 1. The predicted molar refractivity (Wildman–Crippen MR) is 74.4 cm³/mol. The van der Waals surface area contributed by atoms with Crippen molar-refractivity contribution in [3.63, 3.8) is 0 Å². The van der Waals surface area contributed by atoms with Gasteiger partial charge in [0.2, 0.25) is 5.88 Å². The second-order valence-corrected chi connectivity index (χ2v) is 5.06. The molecule has 0 aliphatic carbocycles. The molecule has 10 nitrogen and oxygen atoms in total. The van der Waals surface area contributed by atoms with Crippen molar-refractivity contribution in [3.05, 3.63) is 12.7 Å². The van der Waals surface area contributed by atoms with Crippen molar-refractivity contribution in [3.8, 4) is 5.88 Å². The number of ether oxygens (including phenoxy) is 3. The van der Waals surface area contributed by atoms with Crippen molar-refractivity contribution in [2.75, 3.05) is 13.7 Å². The topological polar surface area (TPSA) is 129 Å². The van der Waals surface area contributed by atoms with Crippen molar-refractivity contribution >= 4 is 17.1 Å². The van der Waals surface area contributed by atoms with Gasteiger partial charge in [0.1, 0.15) is 31.2 Å². The summed E-state index contributed by atoms with van der Waals surface area (Å²) >= 11 is 0. The van der Waals surface area contributed by atoms with Gasteiger partial charge in [0.05, 0.1) is 13.4 Å². The highest BCUT2D eigenvalue weighted by Crippen LogP contribution is 2.32. The molecule has 124 valence electrons. The average Bonchev–Trinajstić information content (AvgIpc) is 3.08. The van der Waals surface area contributed by atoms with Crippen molar-refractivity contribution < 1.29 is 29.2 Å². The molecule has 10 heteroatoms. The third-order valence-corrected chi connectivity index (χ3v) is 3.58. The normalized spacial score (nSPS) is 27.3. The van der Waals surface area contributed by atoms with Gasteiger partial charge >= 0.3 is 5.97 Å². The van der Waals surface area contributed by atoms with Crippen LogP contribution in [-0.4, -0.2) is 67.7 Å². The van der Waals surface area contributed by atoms with Crippen LogP contribution in [0.4, 0.5) is 0 Å². The molecule has 23 heavy (non-hydrogen) atoms. The van der Waals surface area contributed by atoms with Crippen molar-refractivity contribution in [2.45, 2.75) is 31.5 Å². The Morgan fingerprint density at radius 3 is 2.83 bits per heavy atom. The van der Waals surface area contributed by atoms with Crippen LogP contribution in [0.1, 0.15) is 13.2 Å². The second kappa shape index (κ2) is 6.07. The van der Waals surface area contributed by atoms with Gasteiger partial charge in [0, 0.05) is 6.92 Å². The van der Waals surface area contributed by atoms with E-state index in [2.05, 4.69) is 15.0 Å². The molecule has 0 radical (unpaired) electrons. The number of aliphatic hydroxyl groups excluding tert-OH is 2. The number of hydrogen-bond donors (Lipinski definition) is 2. The van der Waals surface area contributed by atoms with Crippen LogP contribution in [0.5, 0.6) is 5.88 Å². The van der Waals surface area contributed by atoms with E-state index in [-0.39, 0.29) is 6.61 Å². The fourth-order valence-electron chi connectivity index (χ4n) is 2.46. The molecule has 2 aromatic rings. The zero-order valence-electron chi connectivity index (χ0n) is 12.5. The van der Waals surface area contributed by atoms with Crippen molar-refractivity contribution in [1.29, 1.82) is 0 Å². The van der Waals surface area contributed by atoms with Crippen LogP contribution in [0.25, 0.3) is 11.2 Å². The van der Waals surface area contributed by atoms with Crippen molar-refractivity contribution in [2.24, 2.45) is 0 Å². The number of aliphatic hydroxyl groups is 2. The Balaban J connectivity index is 1.88. The van der Waals surface area contributed by atoms with Gasteiger partial charge in [-0.2, -0.15) is 4.98 Å². The number of rotatable bonds is 4. The molecule has 0 bridgehead atoms. The van der Waals surface area contributed by atoms with E-state index in [1.807, 2.05) is 0 Å². The lowest BCUT2D eigenvalue weighted by Crippen LogP contribution is -2.34. The molecule has 0 unspecified atom stereocenters. The van der Waals surface area contributed by atoms with E-state index in [0.29, 0.717) is 17.0 Å². The van der Waals surface area contributed by atoms with Crippen LogP contribution < -0.4 is 4.74 Å². The molecule has 0 aromatic carbocycles. The minimum absolute atomic E-state index is 0.158. The Bertz CT molecular complexity index is 720. The Labute approximate surface area is 130 Å². The molecule has 2 N–H and O–H groups in total. The molecule has 1 saturated heterocycles. The van der Waals surface area contributed by atoms with Crippen LogP contribution in [0, 0.1) is 0 Å². The van der Waals surface area contributed by atoms with Gasteiger partial charge in [0.15, 0.2) is 17.4 Å². The quantitative estimate of drug-likeness (QED) is 0.681. The monoisotopic (exact) mass is 324 g/mol. The van der Waals surface area contributed by atoms with Gasteiger partial charge in [-0.1, -0.05) is 0 Å². The standard InChI is InChI=1S/C13H16N4O6/c1-6(18)22-3-7-9(19)10(20)13(23-7)17-5-16-8-11(17)14-4-15-12(8)21-2/h4-5,7,9-10,13,19-20H,3H2,1-2H3/t7-,9-,10+,13-/m1/s1. The number of esters is 1. The molecule has 0 saturated carbocycles. The summed E-state index contributed by atoms with van der Waals surface area (Å²) in [6, 6.07) is 0. The summed E-state index contributed by atoms with van der Waals surface area (Å²) in [5.41, 5.74) is 0.796. The Kier molecular flexibility index (Phi) is 4.11. The molecule has 1 aliphatic heterocycles. The van der Waals surface area contributed by atoms with E-state index in [9.17, 15) is 15.0 Å². The van der Waals surface area contributed by atoms with Crippen LogP contribution in [0.3, 0.4) is 0 Å². The maximum Gasteiger partial charge on any atom is 0.302 e. The van der Waals surface area contributed by atoms with E-state index in [1.165, 1.54) is 31.3 Å². The highest BCUT2D eigenvalue weighted by Gasteiger charge is 2.44. The maximum atomic E-state index is 10.9. The van der Waals surface area contributed by atoms with Gasteiger partial charge in [-0.05, 0) is 0 Å². The maximum absolute atomic E-state index is 10.9. The summed E-state index contributed by atoms with van der Waals surface area (Å²) in [7, 11) is 1.46. The molecule has 2 aromatic heterocycles. The summed E-state index contributed by atoms with van der Waals surface area (Å²) < 4.78 is 17.0.